The molecule has 2 aromatic rings. The van der Waals surface area contributed by atoms with Gasteiger partial charge in [-0.25, -0.2) is 0 Å². The SMILES string of the molecule is Cc1ccc(-c2cc(B3OC(C)(C)C(C)(C)O3)ccc2C2CCCCC2)c(C)c1. The molecule has 1 saturated carbocycles. The third-order valence-electron chi connectivity index (χ3n) is 7.32. The molecule has 0 radical (unpaired) electrons. The average Bonchev–Trinajstić information content (AvgIpc) is 2.89. The summed E-state index contributed by atoms with van der Waals surface area (Å²) in [5, 5.41) is 0. The van der Waals surface area contributed by atoms with E-state index in [9.17, 15) is 0 Å². The Bertz CT molecular complexity index is 878. The average molecular weight is 390 g/mol. The largest absolute Gasteiger partial charge is 0.494 e. The molecule has 2 fully saturated rings. The molecule has 29 heavy (non-hydrogen) atoms. The highest BCUT2D eigenvalue weighted by Gasteiger charge is 2.51. The Morgan fingerprint density at radius 2 is 1.45 bits per heavy atom. The van der Waals surface area contributed by atoms with E-state index in [-0.39, 0.29) is 18.3 Å². The summed E-state index contributed by atoms with van der Waals surface area (Å²) in [6.07, 6.45) is 6.66. The zero-order valence-electron chi connectivity index (χ0n) is 19.0. The highest BCUT2D eigenvalue weighted by molar-refractivity contribution is 6.62. The lowest BCUT2D eigenvalue weighted by molar-refractivity contribution is 0.00578. The van der Waals surface area contributed by atoms with Gasteiger partial charge in [0.25, 0.3) is 0 Å². The second-order valence-corrected chi connectivity index (χ2v) is 10.1. The van der Waals surface area contributed by atoms with Gasteiger partial charge in [-0.2, -0.15) is 0 Å². The van der Waals surface area contributed by atoms with Gasteiger partial charge in [-0.1, -0.05) is 61.2 Å². The van der Waals surface area contributed by atoms with Gasteiger partial charge in [-0.05, 0) is 88.0 Å². The van der Waals surface area contributed by atoms with Gasteiger partial charge in [0.2, 0.25) is 0 Å². The maximum absolute atomic E-state index is 6.35. The highest BCUT2D eigenvalue weighted by Crippen LogP contribution is 2.40. The van der Waals surface area contributed by atoms with Crippen LogP contribution >= 0.6 is 0 Å². The van der Waals surface area contributed by atoms with E-state index in [0.717, 1.165) is 5.46 Å². The minimum Gasteiger partial charge on any atom is -0.399 e. The Morgan fingerprint density at radius 1 is 0.793 bits per heavy atom. The Labute approximate surface area is 177 Å². The number of rotatable bonds is 3. The van der Waals surface area contributed by atoms with Crippen molar-refractivity contribution in [1.82, 2.24) is 0 Å². The summed E-state index contributed by atoms with van der Waals surface area (Å²) in [6, 6.07) is 13.7. The van der Waals surface area contributed by atoms with Crippen LogP contribution in [0.4, 0.5) is 0 Å². The van der Waals surface area contributed by atoms with E-state index in [4.69, 9.17) is 9.31 Å². The van der Waals surface area contributed by atoms with Crippen LogP contribution in [0.2, 0.25) is 0 Å². The van der Waals surface area contributed by atoms with Crippen LogP contribution in [0.5, 0.6) is 0 Å². The standard InChI is InChI=1S/C26H35BO2/c1-18-12-14-22(19(2)16-18)24-17-21(27-28-25(3,4)26(5,6)29-27)13-15-23(24)20-10-8-7-9-11-20/h12-17,20H,7-11H2,1-6H3. The van der Waals surface area contributed by atoms with Crippen molar-refractivity contribution in [2.75, 3.05) is 0 Å². The smallest absolute Gasteiger partial charge is 0.399 e. The van der Waals surface area contributed by atoms with Crippen LogP contribution in [0, 0.1) is 13.8 Å². The quantitative estimate of drug-likeness (QED) is 0.571. The van der Waals surface area contributed by atoms with Crippen LogP contribution in [-0.2, 0) is 9.31 Å². The van der Waals surface area contributed by atoms with E-state index in [1.165, 1.54) is 59.9 Å². The van der Waals surface area contributed by atoms with Crippen molar-refractivity contribution in [2.45, 2.75) is 90.8 Å². The van der Waals surface area contributed by atoms with Gasteiger partial charge in [0.05, 0.1) is 11.2 Å². The molecule has 0 aromatic heterocycles. The lowest BCUT2D eigenvalue weighted by atomic mass is 9.74. The Hall–Kier alpha value is -1.58. The highest BCUT2D eigenvalue weighted by atomic mass is 16.7. The van der Waals surface area contributed by atoms with E-state index < -0.39 is 0 Å². The molecule has 2 aromatic carbocycles. The minimum atomic E-state index is -0.320. The molecule has 3 heteroatoms. The van der Waals surface area contributed by atoms with Gasteiger partial charge in [0.1, 0.15) is 0 Å². The van der Waals surface area contributed by atoms with Crippen LogP contribution in [0.25, 0.3) is 11.1 Å². The molecule has 0 unspecified atom stereocenters. The van der Waals surface area contributed by atoms with Crippen molar-refractivity contribution < 1.29 is 9.31 Å². The van der Waals surface area contributed by atoms with E-state index >= 15 is 0 Å². The second kappa shape index (κ2) is 7.59. The van der Waals surface area contributed by atoms with Crippen molar-refractivity contribution in [2.24, 2.45) is 0 Å². The molecule has 2 nitrogen and oxygen atoms in total. The van der Waals surface area contributed by atoms with Gasteiger partial charge in [0.15, 0.2) is 0 Å². The van der Waals surface area contributed by atoms with Crippen LogP contribution in [0.1, 0.15) is 82.4 Å². The van der Waals surface area contributed by atoms with Gasteiger partial charge in [0, 0.05) is 0 Å². The predicted octanol–water partition coefficient (Wildman–Crippen LogP) is 6.32. The summed E-state index contributed by atoms with van der Waals surface area (Å²) < 4.78 is 12.7. The molecular formula is C26H35BO2. The lowest BCUT2D eigenvalue weighted by Gasteiger charge is -2.32. The van der Waals surface area contributed by atoms with E-state index in [0.29, 0.717) is 5.92 Å². The van der Waals surface area contributed by atoms with Crippen LogP contribution in [0.15, 0.2) is 36.4 Å². The summed E-state index contributed by atoms with van der Waals surface area (Å²) >= 11 is 0. The first-order valence-corrected chi connectivity index (χ1v) is 11.2. The van der Waals surface area contributed by atoms with E-state index in [1.54, 1.807) is 0 Å². The zero-order chi connectivity index (χ0) is 20.8. The fourth-order valence-electron chi connectivity index (χ4n) is 4.82. The lowest BCUT2D eigenvalue weighted by Crippen LogP contribution is -2.41. The van der Waals surface area contributed by atoms with Crippen molar-refractivity contribution in [3.05, 3.63) is 53.1 Å². The normalized spacial score (nSPS) is 21.5. The first-order chi connectivity index (χ1) is 13.7. The Kier molecular flexibility index (Phi) is 5.42. The zero-order valence-corrected chi connectivity index (χ0v) is 19.0. The molecule has 2 aliphatic rings. The van der Waals surface area contributed by atoms with Crippen molar-refractivity contribution in [3.8, 4) is 11.1 Å². The first kappa shape index (κ1) is 20.7. The van der Waals surface area contributed by atoms with Crippen molar-refractivity contribution in [1.29, 1.82) is 0 Å². The molecular weight excluding hydrogens is 355 g/mol. The molecule has 0 spiro atoms. The fourth-order valence-corrected chi connectivity index (χ4v) is 4.82. The fraction of sp³-hybridized carbons (Fsp3) is 0.538. The van der Waals surface area contributed by atoms with Crippen LogP contribution in [-0.4, -0.2) is 18.3 Å². The molecule has 1 aliphatic heterocycles. The molecule has 0 N–H and O–H groups in total. The summed E-state index contributed by atoms with van der Waals surface area (Å²) in [5.41, 5.74) is 7.34. The summed E-state index contributed by atoms with van der Waals surface area (Å²) in [7, 11) is -0.315. The van der Waals surface area contributed by atoms with Gasteiger partial charge < -0.3 is 9.31 Å². The number of benzene rings is 2. The topological polar surface area (TPSA) is 18.5 Å². The predicted molar refractivity (Wildman–Crippen MR) is 123 cm³/mol. The molecule has 1 heterocycles. The molecule has 0 bridgehead atoms. The molecule has 0 amide bonds. The first-order valence-electron chi connectivity index (χ1n) is 11.2. The van der Waals surface area contributed by atoms with Crippen molar-refractivity contribution in [3.63, 3.8) is 0 Å². The summed E-state index contributed by atoms with van der Waals surface area (Å²) in [5.74, 6) is 0.659. The maximum atomic E-state index is 6.35. The third-order valence-corrected chi connectivity index (χ3v) is 7.32. The molecule has 0 atom stereocenters. The third kappa shape index (κ3) is 3.92. The molecule has 4 rings (SSSR count). The van der Waals surface area contributed by atoms with Gasteiger partial charge >= 0.3 is 7.12 Å². The number of hydrogen-bond acceptors (Lipinski definition) is 2. The minimum absolute atomic E-state index is 0.315. The maximum Gasteiger partial charge on any atom is 0.494 e. The Balaban J connectivity index is 1.78. The monoisotopic (exact) mass is 390 g/mol. The second-order valence-electron chi connectivity index (χ2n) is 10.1. The van der Waals surface area contributed by atoms with Crippen LogP contribution < -0.4 is 5.46 Å². The molecule has 1 aliphatic carbocycles. The summed E-state index contributed by atoms with van der Waals surface area (Å²) in [4.78, 5) is 0. The molecule has 1 saturated heterocycles. The van der Waals surface area contributed by atoms with Crippen molar-refractivity contribution >= 4 is 12.6 Å². The Morgan fingerprint density at radius 3 is 2.07 bits per heavy atom. The van der Waals surface area contributed by atoms with Gasteiger partial charge in [-0.15, -0.1) is 0 Å². The van der Waals surface area contributed by atoms with Gasteiger partial charge in [-0.3, -0.25) is 0 Å². The van der Waals surface area contributed by atoms with Crippen LogP contribution in [0.3, 0.4) is 0 Å². The van der Waals surface area contributed by atoms with E-state index in [2.05, 4.69) is 77.9 Å². The van der Waals surface area contributed by atoms with E-state index in [1.807, 2.05) is 0 Å². The summed E-state index contributed by atoms with van der Waals surface area (Å²) in [6.45, 7) is 12.9. The number of hydrogen-bond donors (Lipinski definition) is 0. The number of aryl methyl sites for hydroxylation is 2. The molecule has 154 valence electrons.